The highest BCUT2D eigenvalue weighted by Gasteiger charge is 2.25. The first-order valence-corrected chi connectivity index (χ1v) is 8.94. The first-order chi connectivity index (χ1) is 14.4. The van der Waals surface area contributed by atoms with Crippen LogP contribution >= 0.6 is 0 Å². The van der Waals surface area contributed by atoms with E-state index in [0.29, 0.717) is 13.0 Å². The minimum absolute atomic E-state index is 0.141. The highest BCUT2D eigenvalue weighted by molar-refractivity contribution is 6.05. The molecule has 9 heteroatoms. The second-order valence-electron chi connectivity index (χ2n) is 6.20. The Kier molecular flexibility index (Phi) is 6.63. The number of anilines is 1. The van der Waals surface area contributed by atoms with E-state index >= 15 is 0 Å². The third-order valence-electron chi connectivity index (χ3n) is 4.18. The summed E-state index contributed by atoms with van der Waals surface area (Å²) >= 11 is 0. The Morgan fingerprint density at radius 2 is 1.70 bits per heavy atom. The lowest BCUT2D eigenvalue weighted by Gasteiger charge is -2.14. The van der Waals surface area contributed by atoms with Crippen LogP contribution in [0.5, 0.6) is 5.75 Å². The van der Waals surface area contributed by atoms with Crippen molar-refractivity contribution < 1.29 is 27.1 Å². The number of pyridine rings is 1. The largest absolute Gasteiger partial charge is 0.491 e. The van der Waals surface area contributed by atoms with Crippen molar-refractivity contribution in [2.45, 2.75) is 6.42 Å². The van der Waals surface area contributed by atoms with Crippen LogP contribution in [0.25, 0.3) is 11.1 Å². The number of nitrogens with one attached hydrogen (secondary N) is 1. The number of carbonyl (C=O) groups excluding carboxylic acids is 1. The van der Waals surface area contributed by atoms with E-state index in [4.69, 9.17) is 10.5 Å². The molecule has 30 heavy (non-hydrogen) atoms. The molecule has 0 fully saturated rings. The van der Waals surface area contributed by atoms with Crippen molar-refractivity contribution in [1.29, 1.82) is 0 Å². The Hall–Kier alpha value is -3.46. The topological polar surface area (TPSA) is 77.2 Å². The van der Waals surface area contributed by atoms with Crippen LogP contribution < -0.4 is 15.8 Å². The monoisotopic (exact) mass is 419 g/mol. The number of halogens is 4. The summed E-state index contributed by atoms with van der Waals surface area (Å²) in [5.41, 5.74) is 3.08. The van der Waals surface area contributed by atoms with E-state index in [1.54, 1.807) is 0 Å². The molecule has 0 saturated carbocycles. The molecule has 2 aromatic carbocycles. The van der Waals surface area contributed by atoms with Gasteiger partial charge in [-0.1, -0.05) is 6.07 Å². The molecule has 1 aromatic heterocycles. The lowest BCUT2D eigenvalue weighted by atomic mass is 9.99. The summed E-state index contributed by atoms with van der Waals surface area (Å²) in [7, 11) is 0. The quantitative estimate of drug-likeness (QED) is 0.443. The maximum atomic E-state index is 15.0. The predicted octanol–water partition coefficient (Wildman–Crippen LogP) is 4.28. The molecule has 5 nitrogen and oxygen atoms in total. The molecule has 0 aliphatic carbocycles. The van der Waals surface area contributed by atoms with E-state index in [-0.39, 0.29) is 18.0 Å². The number of nitrogens with zero attached hydrogens (tertiary/aromatic N) is 1. The van der Waals surface area contributed by atoms with Gasteiger partial charge in [0, 0.05) is 12.3 Å². The van der Waals surface area contributed by atoms with E-state index in [1.165, 1.54) is 18.5 Å². The van der Waals surface area contributed by atoms with Gasteiger partial charge in [0.15, 0.2) is 0 Å². The van der Waals surface area contributed by atoms with Gasteiger partial charge in [-0.05, 0) is 37.2 Å². The molecule has 3 rings (SSSR count). The van der Waals surface area contributed by atoms with Crippen LogP contribution in [-0.2, 0) is 0 Å². The number of amides is 1. The minimum Gasteiger partial charge on any atom is -0.491 e. The molecule has 1 amide bonds. The van der Waals surface area contributed by atoms with E-state index in [1.807, 2.05) is 0 Å². The van der Waals surface area contributed by atoms with Crippen molar-refractivity contribution in [1.82, 2.24) is 4.98 Å². The van der Waals surface area contributed by atoms with Crippen LogP contribution in [0.2, 0.25) is 0 Å². The van der Waals surface area contributed by atoms with Crippen molar-refractivity contribution in [2.24, 2.45) is 5.73 Å². The molecule has 3 N–H and O–H groups in total. The summed E-state index contributed by atoms with van der Waals surface area (Å²) in [4.78, 5) is 16.5. The van der Waals surface area contributed by atoms with Gasteiger partial charge in [0.05, 0.1) is 29.5 Å². The van der Waals surface area contributed by atoms with Gasteiger partial charge in [-0.25, -0.2) is 17.6 Å². The molecular formula is C21H17F4N3O2. The average Bonchev–Trinajstić information content (AvgIpc) is 2.71. The SMILES string of the molecule is NCCCOc1ccncc1NC(=O)c1ccc(F)c(-c2c(F)cccc2F)c1F. The highest BCUT2D eigenvalue weighted by atomic mass is 19.1. The predicted molar refractivity (Wildman–Crippen MR) is 103 cm³/mol. The number of rotatable bonds is 7. The van der Waals surface area contributed by atoms with Gasteiger partial charge in [0.2, 0.25) is 0 Å². The summed E-state index contributed by atoms with van der Waals surface area (Å²) in [5.74, 6) is -5.62. The zero-order chi connectivity index (χ0) is 21.7. The lowest BCUT2D eigenvalue weighted by molar-refractivity contribution is 0.102. The number of hydrogen-bond donors (Lipinski definition) is 2. The molecule has 0 saturated heterocycles. The van der Waals surface area contributed by atoms with Crippen LogP contribution in [0.3, 0.4) is 0 Å². The fourth-order valence-electron chi connectivity index (χ4n) is 2.75. The summed E-state index contributed by atoms with van der Waals surface area (Å²) in [5, 5.41) is 2.41. The Morgan fingerprint density at radius 1 is 1.00 bits per heavy atom. The van der Waals surface area contributed by atoms with Gasteiger partial charge in [0.1, 0.15) is 34.7 Å². The first-order valence-electron chi connectivity index (χ1n) is 8.94. The zero-order valence-electron chi connectivity index (χ0n) is 15.6. The number of nitrogens with two attached hydrogens (primary N) is 1. The summed E-state index contributed by atoms with van der Waals surface area (Å²) in [6, 6.07) is 5.94. The number of aromatic nitrogens is 1. The number of ether oxygens (including phenoxy) is 1. The van der Waals surface area contributed by atoms with Crippen molar-refractivity contribution in [3.63, 3.8) is 0 Å². The fraction of sp³-hybridized carbons (Fsp3) is 0.143. The van der Waals surface area contributed by atoms with Crippen LogP contribution in [0.15, 0.2) is 48.8 Å². The maximum Gasteiger partial charge on any atom is 0.258 e. The molecule has 0 spiro atoms. The van der Waals surface area contributed by atoms with Crippen LogP contribution in [-0.4, -0.2) is 24.0 Å². The second kappa shape index (κ2) is 9.36. The zero-order valence-corrected chi connectivity index (χ0v) is 15.6. The standard InChI is InChI=1S/C21H17F4N3O2/c22-13-3-1-4-14(23)18(13)19-15(24)6-5-12(20(19)25)21(29)28-16-11-27-9-7-17(16)30-10-2-8-26/h1,3-7,9,11H,2,8,10,26H2,(H,28,29). The van der Waals surface area contributed by atoms with Gasteiger partial charge in [-0.2, -0.15) is 0 Å². The molecule has 0 bridgehead atoms. The molecule has 0 aliphatic heterocycles. The second-order valence-corrected chi connectivity index (χ2v) is 6.20. The Bertz CT molecular complexity index is 1060. The number of hydrogen-bond acceptors (Lipinski definition) is 4. The average molecular weight is 419 g/mol. The molecule has 3 aromatic rings. The molecule has 0 unspecified atom stereocenters. The van der Waals surface area contributed by atoms with Gasteiger partial charge >= 0.3 is 0 Å². The van der Waals surface area contributed by atoms with Gasteiger partial charge in [0.25, 0.3) is 5.91 Å². The van der Waals surface area contributed by atoms with E-state index in [0.717, 1.165) is 30.3 Å². The Balaban J connectivity index is 1.96. The van der Waals surface area contributed by atoms with E-state index in [2.05, 4.69) is 10.3 Å². The number of benzene rings is 2. The van der Waals surface area contributed by atoms with Crippen LogP contribution in [0.1, 0.15) is 16.8 Å². The molecule has 0 aliphatic rings. The van der Waals surface area contributed by atoms with Crippen molar-refractivity contribution in [3.8, 4) is 16.9 Å². The molecular weight excluding hydrogens is 402 g/mol. The third-order valence-corrected chi connectivity index (χ3v) is 4.18. The maximum absolute atomic E-state index is 15.0. The first kappa shape index (κ1) is 21.3. The fourth-order valence-corrected chi connectivity index (χ4v) is 2.75. The van der Waals surface area contributed by atoms with Crippen molar-refractivity contribution in [3.05, 3.63) is 77.6 Å². The lowest BCUT2D eigenvalue weighted by Crippen LogP contribution is -2.16. The third kappa shape index (κ3) is 4.41. The molecule has 1 heterocycles. The number of carbonyl (C=O) groups is 1. The Morgan fingerprint density at radius 3 is 2.40 bits per heavy atom. The molecule has 0 radical (unpaired) electrons. The van der Waals surface area contributed by atoms with Gasteiger partial charge in [-0.15, -0.1) is 0 Å². The van der Waals surface area contributed by atoms with E-state index < -0.39 is 45.9 Å². The summed E-state index contributed by atoms with van der Waals surface area (Å²) in [6.45, 7) is 0.688. The smallest absolute Gasteiger partial charge is 0.258 e. The van der Waals surface area contributed by atoms with Crippen LogP contribution in [0, 0.1) is 23.3 Å². The van der Waals surface area contributed by atoms with E-state index in [9.17, 15) is 22.4 Å². The summed E-state index contributed by atoms with van der Waals surface area (Å²) < 4.78 is 62.9. The minimum atomic E-state index is -1.40. The van der Waals surface area contributed by atoms with Crippen LogP contribution in [0.4, 0.5) is 23.2 Å². The molecule has 0 atom stereocenters. The highest BCUT2D eigenvalue weighted by Crippen LogP contribution is 2.33. The van der Waals surface area contributed by atoms with Gasteiger partial charge in [-0.3, -0.25) is 9.78 Å². The van der Waals surface area contributed by atoms with Crippen molar-refractivity contribution >= 4 is 11.6 Å². The molecule has 156 valence electrons. The normalized spacial score (nSPS) is 10.7. The Labute approximate surface area is 169 Å². The summed E-state index contributed by atoms with van der Waals surface area (Å²) in [6.07, 6.45) is 3.29. The van der Waals surface area contributed by atoms with Gasteiger partial charge < -0.3 is 15.8 Å². The van der Waals surface area contributed by atoms with Crippen molar-refractivity contribution in [2.75, 3.05) is 18.5 Å².